The molecular formula is C16H13F2N3O4. The van der Waals surface area contributed by atoms with Crippen LogP contribution < -0.4 is 4.74 Å². The predicted octanol–water partition coefficient (Wildman–Crippen LogP) is 2.66. The second-order valence-electron chi connectivity index (χ2n) is 5.37. The lowest BCUT2D eigenvalue weighted by molar-refractivity contribution is -0.384. The van der Waals surface area contributed by atoms with Gasteiger partial charge in [0.25, 0.3) is 5.69 Å². The average Bonchev–Trinajstić information content (AvgIpc) is 2.95. The van der Waals surface area contributed by atoms with Gasteiger partial charge in [0.05, 0.1) is 34.9 Å². The van der Waals surface area contributed by atoms with Crippen LogP contribution in [-0.2, 0) is 6.54 Å². The number of halogens is 2. The Kier molecular flexibility index (Phi) is 4.57. The van der Waals surface area contributed by atoms with E-state index in [2.05, 4.69) is 4.98 Å². The lowest BCUT2D eigenvalue weighted by Gasteiger charge is -2.13. The summed E-state index contributed by atoms with van der Waals surface area (Å²) in [4.78, 5) is 14.1. The number of aliphatic hydroxyl groups excluding tert-OH is 1. The van der Waals surface area contributed by atoms with Crippen LogP contribution in [0.2, 0.25) is 0 Å². The second-order valence-corrected chi connectivity index (χ2v) is 5.37. The number of nitro groups is 1. The van der Waals surface area contributed by atoms with E-state index >= 15 is 0 Å². The van der Waals surface area contributed by atoms with Crippen molar-refractivity contribution >= 4 is 16.7 Å². The monoisotopic (exact) mass is 349 g/mol. The van der Waals surface area contributed by atoms with Crippen LogP contribution in [0.4, 0.5) is 14.5 Å². The molecule has 1 N–H and O–H groups in total. The van der Waals surface area contributed by atoms with E-state index in [0.29, 0.717) is 5.52 Å². The van der Waals surface area contributed by atoms with Crippen molar-refractivity contribution in [3.8, 4) is 5.75 Å². The highest BCUT2D eigenvalue weighted by Crippen LogP contribution is 2.20. The topological polar surface area (TPSA) is 90.4 Å². The lowest BCUT2D eigenvalue weighted by atomic mass is 10.3. The molecule has 0 aliphatic heterocycles. The number of nitro benzene ring substituents is 1. The molecule has 0 bridgehead atoms. The van der Waals surface area contributed by atoms with Crippen LogP contribution in [0.1, 0.15) is 0 Å². The zero-order valence-corrected chi connectivity index (χ0v) is 12.8. The van der Waals surface area contributed by atoms with Gasteiger partial charge < -0.3 is 14.4 Å². The Bertz CT molecular complexity index is 929. The first-order chi connectivity index (χ1) is 11.9. The third kappa shape index (κ3) is 3.72. The number of benzene rings is 2. The van der Waals surface area contributed by atoms with E-state index in [0.717, 1.165) is 12.1 Å². The molecule has 0 saturated carbocycles. The largest absolute Gasteiger partial charge is 0.491 e. The molecule has 9 heteroatoms. The molecule has 0 aliphatic rings. The first-order valence-corrected chi connectivity index (χ1v) is 7.29. The highest BCUT2D eigenvalue weighted by atomic mass is 19.2. The van der Waals surface area contributed by atoms with Gasteiger partial charge in [0.15, 0.2) is 11.6 Å². The second kappa shape index (κ2) is 6.81. The molecule has 25 heavy (non-hydrogen) atoms. The molecule has 3 aromatic rings. The number of aromatic nitrogens is 2. The number of hydrogen-bond acceptors (Lipinski definition) is 5. The summed E-state index contributed by atoms with van der Waals surface area (Å²) in [6.45, 7) is -0.0962. The summed E-state index contributed by atoms with van der Waals surface area (Å²) in [5.74, 6) is -1.75. The molecule has 1 heterocycles. The summed E-state index contributed by atoms with van der Waals surface area (Å²) in [7, 11) is 0. The van der Waals surface area contributed by atoms with Crippen molar-refractivity contribution in [3.63, 3.8) is 0 Å². The van der Waals surface area contributed by atoms with Crippen LogP contribution in [-0.4, -0.2) is 32.3 Å². The highest BCUT2D eigenvalue weighted by Gasteiger charge is 2.13. The molecule has 130 valence electrons. The van der Waals surface area contributed by atoms with Gasteiger partial charge in [-0.3, -0.25) is 10.1 Å². The third-order valence-corrected chi connectivity index (χ3v) is 3.54. The van der Waals surface area contributed by atoms with Crippen LogP contribution in [0.15, 0.2) is 42.7 Å². The van der Waals surface area contributed by atoms with Crippen LogP contribution in [0, 0.1) is 21.7 Å². The molecule has 1 atom stereocenters. The van der Waals surface area contributed by atoms with Gasteiger partial charge in [-0.05, 0) is 6.07 Å². The SMILES string of the molecule is O=[N+]([O-])c1cccc(OC[C@H](O)Cn2cnc3cc(F)c(F)cc32)c1. The number of rotatable bonds is 6. The fraction of sp³-hybridized carbons (Fsp3) is 0.188. The Balaban J connectivity index is 1.67. The molecule has 0 aliphatic carbocycles. The number of imidazole rings is 1. The van der Waals surface area contributed by atoms with E-state index in [1.54, 1.807) is 0 Å². The number of fused-ring (bicyclic) bond motifs is 1. The normalized spacial score (nSPS) is 12.3. The van der Waals surface area contributed by atoms with Gasteiger partial charge in [-0.25, -0.2) is 13.8 Å². The summed E-state index contributed by atoms with van der Waals surface area (Å²) in [6.07, 6.45) is 0.380. The van der Waals surface area contributed by atoms with E-state index in [4.69, 9.17) is 4.74 Å². The van der Waals surface area contributed by atoms with Gasteiger partial charge >= 0.3 is 0 Å². The summed E-state index contributed by atoms with van der Waals surface area (Å²) < 4.78 is 33.3. The van der Waals surface area contributed by atoms with Gasteiger partial charge in [0.1, 0.15) is 18.5 Å². The quantitative estimate of drug-likeness (QED) is 0.546. The standard InChI is InChI=1S/C16H13F2N3O4/c17-13-5-15-16(6-14(13)18)20(9-19-15)7-11(22)8-25-12-3-1-2-10(4-12)21(23)24/h1-6,9,11,22H,7-8H2/t11-/m1/s1. The number of aliphatic hydroxyl groups is 1. The molecule has 3 rings (SSSR count). The van der Waals surface area contributed by atoms with Crippen LogP contribution in [0.3, 0.4) is 0 Å². The molecule has 2 aromatic carbocycles. The molecule has 7 nitrogen and oxygen atoms in total. The van der Waals surface area contributed by atoms with Crippen molar-refractivity contribution in [1.82, 2.24) is 9.55 Å². The first kappa shape index (κ1) is 16.8. The number of nitrogens with zero attached hydrogens (tertiary/aromatic N) is 3. The number of non-ortho nitro benzene ring substituents is 1. The fourth-order valence-electron chi connectivity index (χ4n) is 2.36. The van der Waals surface area contributed by atoms with Gasteiger partial charge in [-0.2, -0.15) is 0 Å². The molecule has 0 amide bonds. The Hall–Kier alpha value is -3.07. The Morgan fingerprint density at radius 3 is 2.80 bits per heavy atom. The van der Waals surface area contributed by atoms with Gasteiger partial charge in [-0.1, -0.05) is 6.07 Å². The van der Waals surface area contributed by atoms with Crippen molar-refractivity contribution in [2.75, 3.05) is 6.61 Å². The van der Waals surface area contributed by atoms with E-state index in [1.807, 2.05) is 0 Å². The smallest absolute Gasteiger partial charge is 0.273 e. The molecule has 0 saturated heterocycles. The van der Waals surface area contributed by atoms with Crippen LogP contribution in [0.5, 0.6) is 5.75 Å². The zero-order chi connectivity index (χ0) is 18.0. The average molecular weight is 349 g/mol. The van der Waals surface area contributed by atoms with E-state index < -0.39 is 22.7 Å². The maximum atomic E-state index is 13.4. The zero-order valence-electron chi connectivity index (χ0n) is 12.8. The fourth-order valence-corrected chi connectivity index (χ4v) is 2.36. The van der Waals surface area contributed by atoms with Gasteiger partial charge in [0, 0.05) is 18.2 Å². The Morgan fingerprint density at radius 1 is 1.28 bits per heavy atom. The van der Waals surface area contributed by atoms with Gasteiger partial charge in [0.2, 0.25) is 0 Å². The Labute approximate surface area is 140 Å². The lowest BCUT2D eigenvalue weighted by Crippen LogP contribution is -2.23. The van der Waals surface area contributed by atoms with E-state index in [1.165, 1.54) is 35.2 Å². The summed E-state index contributed by atoms with van der Waals surface area (Å²) in [5, 5.41) is 20.8. The molecule has 0 fully saturated rings. The van der Waals surface area contributed by atoms with Crippen LogP contribution in [0.25, 0.3) is 11.0 Å². The molecular weight excluding hydrogens is 336 g/mol. The van der Waals surface area contributed by atoms with Crippen molar-refractivity contribution in [2.24, 2.45) is 0 Å². The number of ether oxygens (including phenoxy) is 1. The van der Waals surface area contributed by atoms with Crippen molar-refractivity contribution in [2.45, 2.75) is 12.6 Å². The highest BCUT2D eigenvalue weighted by molar-refractivity contribution is 5.75. The third-order valence-electron chi connectivity index (χ3n) is 3.54. The summed E-state index contributed by atoms with van der Waals surface area (Å²) in [5.41, 5.74) is 0.490. The van der Waals surface area contributed by atoms with Crippen molar-refractivity contribution in [1.29, 1.82) is 0 Å². The minimum absolute atomic E-state index is 0.0382. The predicted molar refractivity (Wildman–Crippen MR) is 84.2 cm³/mol. The summed E-state index contributed by atoms with van der Waals surface area (Å²) in [6, 6.07) is 7.57. The van der Waals surface area contributed by atoms with Crippen molar-refractivity contribution < 1.29 is 23.5 Å². The number of hydrogen-bond donors (Lipinski definition) is 1. The van der Waals surface area contributed by atoms with Crippen LogP contribution >= 0.6 is 0 Å². The Morgan fingerprint density at radius 2 is 2.04 bits per heavy atom. The van der Waals surface area contributed by atoms with Gasteiger partial charge in [-0.15, -0.1) is 0 Å². The maximum absolute atomic E-state index is 13.4. The maximum Gasteiger partial charge on any atom is 0.273 e. The first-order valence-electron chi connectivity index (χ1n) is 7.29. The minimum atomic E-state index is -1.00. The minimum Gasteiger partial charge on any atom is -0.491 e. The van der Waals surface area contributed by atoms with E-state index in [-0.39, 0.29) is 30.1 Å². The molecule has 1 aromatic heterocycles. The molecule has 0 spiro atoms. The summed E-state index contributed by atoms with van der Waals surface area (Å²) >= 11 is 0. The van der Waals surface area contributed by atoms with E-state index in [9.17, 15) is 24.0 Å². The molecule has 0 radical (unpaired) electrons. The van der Waals surface area contributed by atoms with Crippen molar-refractivity contribution in [3.05, 3.63) is 64.5 Å². The molecule has 0 unspecified atom stereocenters.